The molecule has 0 bridgehead atoms. The standard InChI is InChI=1S/C15H28INO3Si/c1-7-8-19-14(18)17-11-13(9-12(17)10-16)20-21(5,6)15(2,3)4/h7,12-13H,1,8-11H2,2-6H3. The molecule has 1 aliphatic heterocycles. The number of hydrogen-bond donors (Lipinski definition) is 0. The quantitative estimate of drug-likeness (QED) is 0.287. The molecule has 1 amide bonds. The highest BCUT2D eigenvalue weighted by Gasteiger charge is 2.43. The Kier molecular flexibility index (Phi) is 6.73. The molecule has 0 spiro atoms. The van der Waals surface area contributed by atoms with Gasteiger partial charge in [-0.05, 0) is 24.6 Å². The number of rotatable bonds is 5. The van der Waals surface area contributed by atoms with Crippen LogP contribution in [0.15, 0.2) is 12.7 Å². The van der Waals surface area contributed by atoms with Crippen molar-refractivity contribution in [3.05, 3.63) is 12.7 Å². The average molecular weight is 425 g/mol. The molecule has 1 rings (SSSR count). The van der Waals surface area contributed by atoms with Gasteiger partial charge < -0.3 is 14.1 Å². The SMILES string of the molecule is C=CCOC(=O)N1CC(O[Si](C)(C)C(C)(C)C)CC1CI. The van der Waals surface area contributed by atoms with Crippen LogP contribution in [0.4, 0.5) is 4.79 Å². The third-order valence-corrected chi connectivity index (χ3v) is 9.93. The lowest BCUT2D eigenvalue weighted by molar-refractivity contribution is 0.106. The molecule has 1 fully saturated rings. The van der Waals surface area contributed by atoms with E-state index in [4.69, 9.17) is 9.16 Å². The number of nitrogens with zero attached hydrogens (tertiary/aromatic N) is 1. The number of alkyl halides is 1. The summed E-state index contributed by atoms with van der Waals surface area (Å²) in [6.07, 6.45) is 2.37. The number of ether oxygens (including phenoxy) is 1. The molecule has 0 aliphatic carbocycles. The molecule has 6 heteroatoms. The van der Waals surface area contributed by atoms with Gasteiger partial charge in [-0.1, -0.05) is 56.0 Å². The highest BCUT2D eigenvalue weighted by molar-refractivity contribution is 14.1. The topological polar surface area (TPSA) is 38.8 Å². The number of likely N-dealkylation sites (tertiary alicyclic amines) is 1. The van der Waals surface area contributed by atoms with Gasteiger partial charge in [-0.2, -0.15) is 0 Å². The Bertz CT molecular complexity index is 382. The first kappa shape index (κ1) is 19.0. The van der Waals surface area contributed by atoms with Crippen LogP contribution in [0.3, 0.4) is 0 Å². The van der Waals surface area contributed by atoms with Crippen LogP contribution in [0.1, 0.15) is 27.2 Å². The first-order chi connectivity index (χ1) is 9.62. The molecule has 0 aromatic rings. The summed E-state index contributed by atoms with van der Waals surface area (Å²) >= 11 is 2.33. The van der Waals surface area contributed by atoms with E-state index in [-0.39, 0.29) is 29.9 Å². The summed E-state index contributed by atoms with van der Waals surface area (Å²) in [5, 5.41) is 0.184. The monoisotopic (exact) mass is 425 g/mol. The first-order valence-corrected chi connectivity index (χ1v) is 11.8. The van der Waals surface area contributed by atoms with Crippen LogP contribution in [0.2, 0.25) is 18.1 Å². The van der Waals surface area contributed by atoms with Gasteiger partial charge in [-0.3, -0.25) is 0 Å². The fourth-order valence-corrected chi connectivity index (χ4v) is 4.33. The van der Waals surface area contributed by atoms with Crippen molar-refractivity contribution < 1.29 is 14.0 Å². The van der Waals surface area contributed by atoms with Crippen molar-refractivity contribution in [2.45, 2.75) is 57.5 Å². The predicted molar refractivity (Wildman–Crippen MR) is 97.6 cm³/mol. The second kappa shape index (κ2) is 7.46. The third kappa shape index (κ3) is 4.96. The van der Waals surface area contributed by atoms with Crippen molar-refractivity contribution in [1.29, 1.82) is 0 Å². The zero-order valence-corrected chi connectivity index (χ0v) is 17.0. The average Bonchev–Trinajstić information content (AvgIpc) is 2.76. The molecule has 0 saturated carbocycles. The van der Waals surface area contributed by atoms with Gasteiger partial charge >= 0.3 is 6.09 Å². The first-order valence-electron chi connectivity index (χ1n) is 7.40. The van der Waals surface area contributed by atoms with Crippen molar-refractivity contribution in [1.82, 2.24) is 4.90 Å². The van der Waals surface area contributed by atoms with Crippen molar-refractivity contribution in [3.63, 3.8) is 0 Å². The van der Waals surface area contributed by atoms with Gasteiger partial charge in [0.2, 0.25) is 0 Å². The lowest BCUT2D eigenvalue weighted by Crippen LogP contribution is -2.44. The minimum absolute atomic E-state index is 0.127. The molecule has 1 heterocycles. The fourth-order valence-electron chi connectivity index (χ4n) is 2.14. The second-order valence-electron chi connectivity index (χ2n) is 7.06. The van der Waals surface area contributed by atoms with Gasteiger partial charge in [0, 0.05) is 17.0 Å². The highest BCUT2D eigenvalue weighted by atomic mass is 127. The largest absolute Gasteiger partial charge is 0.445 e. The number of carbonyl (C=O) groups excluding carboxylic acids is 1. The molecule has 2 unspecified atom stereocenters. The number of carbonyl (C=O) groups is 1. The second-order valence-corrected chi connectivity index (χ2v) is 12.7. The van der Waals surface area contributed by atoms with E-state index in [1.807, 2.05) is 4.90 Å². The van der Waals surface area contributed by atoms with E-state index < -0.39 is 8.32 Å². The number of hydrogen-bond acceptors (Lipinski definition) is 3. The molecule has 4 nitrogen and oxygen atoms in total. The van der Waals surface area contributed by atoms with E-state index in [9.17, 15) is 4.79 Å². The Hall–Kier alpha value is -0.0831. The number of amides is 1. The Morgan fingerprint density at radius 1 is 1.48 bits per heavy atom. The summed E-state index contributed by atoms with van der Waals surface area (Å²) in [5.74, 6) is 0. The maximum Gasteiger partial charge on any atom is 0.410 e. The lowest BCUT2D eigenvalue weighted by atomic mass is 10.2. The normalized spacial score (nSPS) is 23.2. The van der Waals surface area contributed by atoms with Gasteiger partial charge in [-0.15, -0.1) is 0 Å². The molecule has 21 heavy (non-hydrogen) atoms. The molecular weight excluding hydrogens is 397 g/mol. The Morgan fingerprint density at radius 3 is 2.57 bits per heavy atom. The van der Waals surface area contributed by atoms with E-state index in [0.29, 0.717) is 6.54 Å². The van der Waals surface area contributed by atoms with Crippen molar-refractivity contribution in [3.8, 4) is 0 Å². The van der Waals surface area contributed by atoms with Crippen LogP contribution in [-0.2, 0) is 9.16 Å². The van der Waals surface area contributed by atoms with Gasteiger partial charge in [-0.25, -0.2) is 4.79 Å². The number of halogens is 1. The lowest BCUT2D eigenvalue weighted by Gasteiger charge is -2.38. The minimum atomic E-state index is -1.80. The molecule has 1 aliphatic rings. The Morgan fingerprint density at radius 2 is 2.10 bits per heavy atom. The predicted octanol–water partition coefficient (Wildman–Crippen LogP) is 4.21. The van der Waals surface area contributed by atoms with E-state index in [0.717, 1.165) is 10.8 Å². The van der Waals surface area contributed by atoms with E-state index in [1.165, 1.54) is 0 Å². The Labute approximate surface area is 143 Å². The van der Waals surface area contributed by atoms with Crippen molar-refractivity contribution >= 4 is 37.0 Å². The highest BCUT2D eigenvalue weighted by Crippen LogP contribution is 2.39. The molecule has 0 N–H and O–H groups in total. The van der Waals surface area contributed by atoms with Crippen LogP contribution in [0.25, 0.3) is 0 Å². The molecular formula is C15H28INO3Si. The zero-order chi connectivity index (χ0) is 16.3. The summed E-state index contributed by atoms with van der Waals surface area (Å²) < 4.78 is 12.5. The maximum absolute atomic E-state index is 12.1. The molecule has 0 aromatic carbocycles. The third-order valence-electron chi connectivity index (χ3n) is 4.38. The molecule has 1 saturated heterocycles. The van der Waals surface area contributed by atoms with Crippen molar-refractivity contribution in [2.75, 3.05) is 17.6 Å². The maximum atomic E-state index is 12.1. The van der Waals surface area contributed by atoms with Crippen LogP contribution < -0.4 is 0 Å². The van der Waals surface area contributed by atoms with Gasteiger partial charge in [0.05, 0.1) is 6.10 Å². The van der Waals surface area contributed by atoms with Gasteiger partial charge in [0.25, 0.3) is 0 Å². The van der Waals surface area contributed by atoms with Crippen LogP contribution in [0.5, 0.6) is 0 Å². The molecule has 122 valence electrons. The van der Waals surface area contributed by atoms with Crippen LogP contribution in [-0.4, -0.2) is 49.0 Å². The summed E-state index contributed by atoms with van der Waals surface area (Å²) in [6, 6.07) is 0.206. The summed E-state index contributed by atoms with van der Waals surface area (Å²) in [7, 11) is -1.80. The zero-order valence-electron chi connectivity index (χ0n) is 13.8. The van der Waals surface area contributed by atoms with Crippen LogP contribution >= 0.6 is 22.6 Å². The molecule has 2 atom stereocenters. The van der Waals surface area contributed by atoms with E-state index in [1.54, 1.807) is 6.08 Å². The van der Waals surface area contributed by atoms with E-state index >= 15 is 0 Å². The van der Waals surface area contributed by atoms with Gasteiger partial charge in [0.1, 0.15) is 6.61 Å². The summed E-state index contributed by atoms with van der Waals surface area (Å²) in [4.78, 5) is 13.9. The smallest absolute Gasteiger partial charge is 0.410 e. The van der Waals surface area contributed by atoms with E-state index in [2.05, 4.69) is 63.0 Å². The molecule has 0 radical (unpaired) electrons. The summed E-state index contributed by atoms with van der Waals surface area (Å²) in [6.45, 7) is 15.7. The van der Waals surface area contributed by atoms with Gasteiger partial charge in [0.15, 0.2) is 8.32 Å². The molecule has 0 aromatic heterocycles. The summed E-state index contributed by atoms with van der Waals surface area (Å²) in [5.41, 5.74) is 0. The minimum Gasteiger partial charge on any atom is -0.445 e. The van der Waals surface area contributed by atoms with Crippen LogP contribution in [0, 0.1) is 0 Å². The Balaban J connectivity index is 2.69. The van der Waals surface area contributed by atoms with Crippen molar-refractivity contribution in [2.24, 2.45) is 0 Å². The fraction of sp³-hybridized carbons (Fsp3) is 0.800.